The van der Waals surface area contributed by atoms with Gasteiger partial charge < -0.3 is 14.9 Å². The van der Waals surface area contributed by atoms with Gasteiger partial charge in [-0.05, 0) is 63.0 Å². The van der Waals surface area contributed by atoms with Crippen LogP contribution in [0.15, 0.2) is 22.6 Å². The summed E-state index contributed by atoms with van der Waals surface area (Å²) in [6.07, 6.45) is 3.81. The molecule has 1 aromatic rings. The number of thiazole rings is 1. The quantitative estimate of drug-likeness (QED) is 0.429. The van der Waals surface area contributed by atoms with Crippen molar-refractivity contribution < 1.29 is 24.5 Å². The number of allylic oxidation sites excluding steroid dienone is 1. The van der Waals surface area contributed by atoms with Gasteiger partial charge in [-0.1, -0.05) is 39.3 Å². The third-order valence-electron chi connectivity index (χ3n) is 7.97. The molecule has 2 aliphatic rings. The Bertz CT molecular complexity index is 993. The van der Waals surface area contributed by atoms with E-state index >= 15 is 0 Å². The molecule has 7 atom stereocenters. The molecule has 0 amide bonds. The van der Waals surface area contributed by atoms with Crippen molar-refractivity contribution >= 4 is 29.2 Å². The number of esters is 1. The van der Waals surface area contributed by atoms with Crippen LogP contribution in [0.3, 0.4) is 0 Å². The molecule has 0 bridgehead atoms. The highest BCUT2D eigenvalue weighted by molar-refractivity contribution is 7.09. The lowest BCUT2D eigenvalue weighted by molar-refractivity contribution is -0.154. The average Bonchev–Trinajstić information content (AvgIpc) is 3.44. The Labute approximate surface area is 213 Å². The summed E-state index contributed by atoms with van der Waals surface area (Å²) in [6.45, 7) is 13.0. The van der Waals surface area contributed by atoms with Gasteiger partial charge in [0.25, 0.3) is 0 Å². The number of fused-ring (bicyclic) bond motifs is 1. The van der Waals surface area contributed by atoms with Gasteiger partial charge in [-0.25, -0.2) is 4.98 Å². The number of hydrogen-bond acceptors (Lipinski definition) is 7. The zero-order chi connectivity index (χ0) is 26.1. The molecule has 35 heavy (non-hydrogen) atoms. The Morgan fingerprint density at radius 2 is 1.89 bits per heavy atom. The molecule has 1 aliphatic heterocycles. The van der Waals surface area contributed by atoms with Crippen LogP contribution in [0.1, 0.15) is 77.9 Å². The van der Waals surface area contributed by atoms with Crippen molar-refractivity contribution in [2.75, 3.05) is 0 Å². The first kappa shape index (κ1) is 27.8. The second-order valence-corrected chi connectivity index (χ2v) is 12.3. The molecule has 1 fully saturated rings. The molecular weight excluding hydrogens is 462 g/mol. The summed E-state index contributed by atoms with van der Waals surface area (Å²) in [4.78, 5) is 30.6. The fourth-order valence-corrected chi connectivity index (χ4v) is 5.82. The zero-order valence-corrected chi connectivity index (χ0v) is 22.9. The van der Waals surface area contributed by atoms with Gasteiger partial charge in [0, 0.05) is 17.7 Å². The minimum Gasteiger partial charge on any atom is -0.457 e. The van der Waals surface area contributed by atoms with E-state index in [1.54, 1.807) is 32.1 Å². The fourth-order valence-electron chi connectivity index (χ4n) is 5.25. The summed E-state index contributed by atoms with van der Waals surface area (Å²) in [5.41, 5.74) is 1.81. The van der Waals surface area contributed by atoms with Crippen molar-refractivity contribution in [3.8, 4) is 0 Å². The van der Waals surface area contributed by atoms with Gasteiger partial charge in [0.05, 0.1) is 34.7 Å². The van der Waals surface area contributed by atoms with E-state index in [9.17, 15) is 19.8 Å². The van der Waals surface area contributed by atoms with Gasteiger partial charge in [-0.3, -0.25) is 9.59 Å². The molecular formula is C28H41NO5S. The molecule has 2 heterocycles. The first-order valence-corrected chi connectivity index (χ1v) is 13.6. The van der Waals surface area contributed by atoms with Gasteiger partial charge in [-0.2, -0.15) is 0 Å². The minimum absolute atomic E-state index is 0.0259. The largest absolute Gasteiger partial charge is 0.457 e. The molecule has 1 saturated carbocycles. The number of aliphatic hydroxyl groups excluding tert-OH is 2. The van der Waals surface area contributed by atoms with Crippen LogP contribution in [0.4, 0.5) is 0 Å². The second-order valence-electron chi connectivity index (χ2n) is 11.2. The van der Waals surface area contributed by atoms with Crippen LogP contribution in [-0.2, 0) is 14.3 Å². The molecule has 7 heteroatoms. The standard InChI is InChI=1S/C28H41NO5S/c1-15-8-9-23(16(2)11-21-14-35-19(5)29-21)34-25(31)13-24(30)28(6,7)27(33)18(4)26(32)17(3)10-20-12-22(15)20/h8,11,14,17-18,20,22-24,26,30,32H,9-10,12-13H2,1-7H3/b15-8-,16-11+/t17-,18+,20?,22?,23-,24-,26-/m0/s1. The third kappa shape index (κ3) is 6.69. The van der Waals surface area contributed by atoms with Gasteiger partial charge in [0.2, 0.25) is 0 Å². The van der Waals surface area contributed by atoms with Gasteiger partial charge in [-0.15, -0.1) is 11.3 Å². The Kier molecular flexibility index (Phi) is 8.77. The summed E-state index contributed by atoms with van der Waals surface area (Å²) in [5.74, 6) is -0.494. The lowest BCUT2D eigenvalue weighted by Crippen LogP contribution is -2.45. The number of rotatable bonds is 2. The predicted molar refractivity (Wildman–Crippen MR) is 139 cm³/mol. The smallest absolute Gasteiger partial charge is 0.309 e. The second kappa shape index (κ2) is 11.1. The van der Waals surface area contributed by atoms with Crippen LogP contribution in [-0.4, -0.2) is 45.3 Å². The highest BCUT2D eigenvalue weighted by Gasteiger charge is 2.44. The number of hydrogen-bond donors (Lipinski definition) is 2. The minimum atomic E-state index is -1.21. The number of Topliss-reactive ketones (excluding diaryl/α,β-unsaturated/α-hetero) is 1. The lowest BCUT2D eigenvalue weighted by Gasteiger charge is -2.34. The van der Waals surface area contributed by atoms with E-state index in [0.29, 0.717) is 18.3 Å². The summed E-state index contributed by atoms with van der Waals surface area (Å²) in [7, 11) is 0. The van der Waals surface area contributed by atoms with Crippen LogP contribution in [0.5, 0.6) is 0 Å². The van der Waals surface area contributed by atoms with Crippen molar-refractivity contribution in [2.45, 2.75) is 92.5 Å². The van der Waals surface area contributed by atoms with Crippen LogP contribution in [0.2, 0.25) is 0 Å². The van der Waals surface area contributed by atoms with Gasteiger partial charge >= 0.3 is 5.97 Å². The van der Waals surface area contributed by atoms with E-state index in [0.717, 1.165) is 29.1 Å². The molecule has 0 aromatic carbocycles. The maximum atomic E-state index is 13.3. The molecule has 0 radical (unpaired) electrons. The number of nitrogens with zero attached hydrogens (tertiary/aromatic N) is 1. The number of aryl methyl sites for hydroxylation is 1. The number of cyclic esters (lactones) is 1. The number of ether oxygens (including phenoxy) is 1. The molecule has 0 spiro atoms. The van der Waals surface area contributed by atoms with Crippen molar-refractivity contribution in [3.63, 3.8) is 0 Å². The van der Waals surface area contributed by atoms with E-state index in [2.05, 4.69) is 18.0 Å². The van der Waals surface area contributed by atoms with Gasteiger partial charge in [0.15, 0.2) is 0 Å². The number of aliphatic hydroxyl groups is 2. The highest BCUT2D eigenvalue weighted by atomic mass is 32.1. The molecule has 0 saturated heterocycles. The molecule has 1 aromatic heterocycles. The van der Waals surface area contributed by atoms with E-state index in [1.165, 1.54) is 5.57 Å². The summed E-state index contributed by atoms with van der Waals surface area (Å²) < 4.78 is 5.86. The molecule has 1 aliphatic carbocycles. The number of carbonyl (C=O) groups is 2. The Morgan fingerprint density at radius 1 is 1.20 bits per heavy atom. The van der Waals surface area contributed by atoms with E-state index in [4.69, 9.17) is 4.74 Å². The topological polar surface area (TPSA) is 96.7 Å². The molecule has 194 valence electrons. The fraction of sp³-hybridized carbons (Fsp3) is 0.679. The van der Waals surface area contributed by atoms with E-state index in [1.807, 2.05) is 32.2 Å². The summed E-state index contributed by atoms with van der Waals surface area (Å²) in [5, 5.41) is 24.7. The average molecular weight is 504 g/mol. The maximum absolute atomic E-state index is 13.3. The SMILES string of the molecule is C/C1=C/C[C@@H](/C(C)=C/c2csc(C)n2)OC(=O)C[C@H](O)C(C)(C)C(=O)[C@H](C)[C@@H](O)[C@@H](C)CC2CC12. The Hall–Kier alpha value is -1.83. The summed E-state index contributed by atoms with van der Waals surface area (Å²) in [6, 6.07) is 0. The Morgan fingerprint density at radius 3 is 2.51 bits per heavy atom. The van der Waals surface area contributed by atoms with Crippen molar-refractivity contribution in [2.24, 2.45) is 29.1 Å². The predicted octanol–water partition coefficient (Wildman–Crippen LogP) is 5.12. The normalized spacial score (nSPS) is 36.7. The first-order chi connectivity index (χ1) is 16.3. The Balaban J connectivity index is 1.89. The van der Waals surface area contributed by atoms with Crippen LogP contribution < -0.4 is 0 Å². The van der Waals surface area contributed by atoms with E-state index in [-0.39, 0.29) is 18.1 Å². The third-order valence-corrected chi connectivity index (χ3v) is 8.76. The summed E-state index contributed by atoms with van der Waals surface area (Å²) >= 11 is 1.57. The van der Waals surface area contributed by atoms with Crippen molar-refractivity contribution in [3.05, 3.63) is 33.3 Å². The number of aromatic nitrogens is 1. The van der Waals surface area contributed by atoms with Crippen LogP contribution in [0, 0.1) is 36.0 Å². The zero-order valence-electron chi connectivity index (χ0n) is 22.1. The van der Waals surface area contributed by atoms with Crippen LogP contribution >= 0.6 is 11.3 Å². The monoisotopic (exact) mass is 503 g/mol. The molecule has 2 unspecified atom stereocenters. The van der Waals surface area contributed by atoms with Crippen molar-refractivity contribution in [1.29, 1.82) is 0 Å². The highest BCUT2D eigenvalue weighted by Crippen LogP contribution is 2.49. The number of ketones is 1. The first-order valence-electron chi connectivity index (χ1n) is 12.7. The molecule has 3 rings (SSSR count). The molecule has 2 N–H and O–H groups in total. The van der Waals surface area contributed by atoms with E-state index < -0.39 is 35.6 Å². The number of carbonyl (C=O) groups excluding carboxylic acids is 2. The maximum Gasteiger partial charge on any atom is 0.309 e. The van der Waals surface area contributed by atoms with Crippen molar-refractivity contribution in [1.82, 2.24) is 4.98 Å². The van der Waals surface area contributed by atoms with Crippen LogP contribution in [0.25, 0.3) is 6.08 Å². The van der Waals surface area contributed by atoms with Gasteiger partial charge in [0.1, 0.15) is 11.9 Å². The lowest BCUT2D eigenvalue weighted by atomic mass is 9.73. The molecule has 6 nitrogen and oxygen atoms in total.